The summed E-state index contributed by atoms with van der Waals surface area (Å²) in [5.41, 5.74) is -0.564. The summed E-state index contributed by atoms with van der Waals surface area (Å²) in [5.74, 6) is -3.26. The van der Waals surface area contributed by atoms with E-state index >= 15 is 0 Å². The van der Waals surface area contributed by atoms with Gasteiger partial charge in [0, 0.05) is 12.0 Å². The molecule has 0 amide bonds. The SMILES string of the molecule is Cc1ccc(S(=O)(=O)OCCCCCC(F)(F)c2ccc(C(F)(F)F)cc2)cc1. The van der Waals surface area contributed by atoms with Gasteiger partial charge >= 0.3 is 6.18 Å². The van der Waals surface area contributed by atoms with Crippen LogP contribution < -0.4 is 0 Å². The molecule has 0 spiro atoms. The molecule has 3 nitrogen and oxygen atoms in total. The van der Waals surface area contributed by atoms with Crippen molar-refractivity contribution in [3.8, 4) is 0 Å². The first-order chi connectivity index (χ1) is 13.4. The second-order valence-corrected chi connectivity index (χ2v) is 8.29. The highest BCUT2D eigenvalue weighted by Crippen LogP contribution is 2.36. The Kier molecular flexibility index (Phi) is 7.40. The summed E-state index contributed by atoms with van der Waals surface area (Å²) in [6, 6.07) is 8.95. The molecule has 0 saturated carbocycles. The lowest BCUT2D eigenvalue weighted by Crippen LogP contribution is -2.14. The number of unbranched alkanes of at least 4 members (excludes halogenated alkanes) is 2. The van der Waals surface area contributed by atoms with E-state index in [2.05, 4.69) is 0 Å². The maximum absolute atomic E-state index is 14.1. The average molecular weight is 436 g/mol. The molecule has 2 aromatic carbocycles. The molecule has 0 unspecified atom stereocenters. The maximum Gasteiger partial charge on any atom is 0.416 e. The third-order valence-electron chi connectivity index (χ3n) is 4.32. The minimum Gasteiger partial charge on any atom is -0.266 e. The van der Waals surface area contributed by atoms with Gasteiger partial charge in [-0.3, -0.25) is 4.18 Å². The van der Waals surface area contributed by atoms with Gasteiger partial charge in [-0.1, -0.05) is 36.2 Å². The highest BCUT2D eigenvalue weighted by Gasteiger charge is 2.34. The Morgan fingerprint density at radius 3 is 1.90 bits per heavy atom. The smallest absolute Gasteiger partial charge is 0.266 e. The van der Waals surface area contributed by atoms with E-state index in [1.807, 2.05) is 6.92 Å². The molecule has 0 aliphatic rings. The third-order valence-corrected chi connectivity index (χ3v) is 5.64. The van der Waals surface area contributed by atoms with Gasteiger partial charge in [0.25, 0.3) is 16.0 Å². The molecule has 9 heteroatoms. The van der Waals surface area contributed by atoms with Gasteiger partial charge < -0.3 is 0 Å². The molecular formula is C20H21F5O3S. The van der Waals surface area contributed by atoms with E-state index in [-0.39, 0.29) is 24.3 Å². The summed E-state index contributed by atoms with van der Waals surface area (Å²) >= 11 is 0. The molecule has 29 heavy (non-hydrogen) atoms. The first-order valence-corrected chi connectivity index (χ1v) is 10.3. The number of halogens is 5. The van der Waals surface area contributed by atoms with Crippen molar-refractivity contribution in [2.24, 2.45) is 0 Å². The summed E-state index contributed by atoms with van der Waals surface area (Å²) in [4.78, 5) is 0.0249. The van der Waals surface area contributed by atoms with E-state index in [0.29, 0.717) is 18.6 Å². The lowest BCUT2D eigenvalue weighted by atomic mass is 10.0. The minimum atomic E-state index is -4.58. The van der Waals surface area contributed by atoms with Gasteiger partial charge in [-0.15, -0.1) is 0 Å². The number of hydrogen-bond donors (Lipinski definition) is 0. The quantitative estimate of drug-likeness (QED) is 0.272. The molecule has 0 heterocycles. The van der Waals surface area contributed by atoms with Crippen LogP contribution in [0.5, 0.6) is 0 Å². The van der Waals surface area contributed by atoms with E-state index < -0.39 is 39.8 Å². The number of rotatable bonds is 9. The third kappa shape index (κ3) is 6.78. The van der Waals surface area contributed by atoms with Crippen LogP contribution in [0.2, 0.25) is 0 Å². The predicted octanol–water partition coefficient (Wildman–Crippen LogP) is 6.07. The van der Waals surface area contributed by atoms with Crippen LogP contribution in [-0.4, -0.2) is 15.0 Å². The van der Waals surface area contributed by atoms with Gasteiger partial charge in [-0.2, -0.15) is 21.6 Å². The van der Waals surface area contributed by atoms with E-state index in [9.17, 15) is 30.4 Å². The Hall–Kier alpha value is -2.00. The molecule has 0 bridgehead atoms. The van der Waals surface area contributed by atoms with Crippen molar-refractivity contribution >= 4 is 10.1 Å². The van der Waals surface area contributed by atoms with Crippen molar-refractivity contribution in [3.63, 3.8) is 0 Å². The number of aryl methyl sites for hydroxylation is 1. The number of benzene rings is 2. The summed E-state index contributed by atoms with van der Waals surface area (Å²) in [6.07, 6.45) is -4.51. The molecule has 2 aromatic rings. The van der Waals surface area contributed by atoms with Gasteiger partial charge in [-0.05, 0) is 44.0 Å². The first kappa shape index (κ1) is 23.3. The lowest BCUT2D eigenvalue weighted by Gasteiger charge is -2.17. The van der Waals surface area contributed by atoms with Crippen LogP contribution in [0.4, 0.5) is 22.0 Å². The summed E-state index contributed by atoms with van der Waals surface area (Å²) in [7, 11) is -3.89. The molecule has 0 atom stereocenters. The molecule has 0 aromatic heterocycles. The van der Waals surface area contributed by atoms with Crippen molar-refractivity contribution in [2.75, 3.05) is 6.61 Å². The second kappa shape index (κ2) is 9.21. The highest BCUT2D eigenvalue weighted by atomic mass is 32.2. The fourth-order valence-electron chi connectivity index (χ4n) is 2.61. The Bertz CT molecular complexity index is 889. The van der Waals surface area contributed by atoms with Gasteiger partial charge in [0.2, 0.25) is 0 Å². The molecule has 160 valence electrons. The first-order valence-electron chi connectivity index (χ1n) is 8.93. The van der Waals surface area contributed by atoms with Gasteiger partial charge in [0.05, 0.1) is 17.1 Å². The Labute approximate surface area is 166 Å². The van der Waals surface area contributed by atoms with Crippen LogP contribution in [0.25, 0.3) is 0 Å². The predicted molar refractivity (Wildman–Crippen MR) is 98.1 cm³/mol. The highest BCUT2D eigenvalue weighted by molar-refractivity contribution is 7.86. The average Bonchev–Trinajstić information content (AvgIpc) is 2.64. The summed E-state index contributed by atoms with van der Waals surface area (Å²) in [5, 5.41) is 0. The van der Waals surface area contributed by atoms with Crippen LogP contribution >= 0.6 is 0 Å². The molecule has 0 saturated heterocycles. The summed E-state index contributed by atoms with van der Waals surface area (Å²) in [6.45, 7) is 1.68. The molecule has 0 N–H and O–H groups in total. The van der Waals surface area contributed by atoms with E-state index in [4.69, 9.17) is 4.18 Å². The molecular weight excluding hydrogens is 415 g/mol. The van der Waals surface area contributed by atoms with Crippen molar-refractivity contribution in [2.45, 2.75) is 49.6 Å². The Morgan fingerprint density at radius 2 is 1.34 bits per heavy atom. The Morgan fingerprint density at radius 1 is 0.793 bits per heavy atom. The fourth-order valence-corrected chi connectivity index (χ4v) is 3.56. The van der Waals surface area contributed by atoms with Gasteiger partial charge in [0.15, 0.2) is 0 Å². The standard InChI is InChI=1S/C20H21F5O3S/c1-15-5-11-18(12-6-15)29(26,27)28-14-4-2-3-13-19(21,22)16-7-9-17(10-8-16)20(23,24)25/h5-12H,2-4,13-14H2,1H3. The zero-order valence-corrected chi connectivity index (χ0v) is 16.5. The van der Waals surface area contributed by atoms with Crippen molar-refractivity contribution in [1.29, 1.82) is 0 Å². The fraction of sp³-hybridized carbons (Fsp3) is 0.400. The van der Waals surface area contributed by atoms with E-state index in [0.717, 1.165) is 17.7 Å². The van der Waals surface area contributed by atoms with Crippen molar-refractivity contribution in [3.05, 3.63) is 65.2 Å². The summed E-state index contributed by atoms with van der Waals surface area (Å²) < 4.78 is 94.7. The molecule has 0 fully saturated rings. The van der Waals surface area contributed by atoms with Crippen LogP contribution in [-0.2, 0) is 26.4 Å². The molecule has 0 aliphatic carbocycles. The molecule has 0 aliphatic heterocycles. The number of alkyl halides is 5. The van der Waals surface area contributed by atoms with Gasteiger partial charge in [0.1, 0.15) is 0 Å². The second-order valence-electron chi connectivity index (χ2n) is 6.68. The maximum atomic E-state index is 14.1. The minimum absolute atomic E-state index is 0.0249. The van der Waals surface area contributed by atoms with Crippen LogP contribution in [0, 0.1) is 6.92 Å². The lowest BCUT2D eigenvalue weighted by molar-refractivity contribution is -0.137. The largest absolute Gasteiger partial charge is 0.416 e. The zero-order chi connectivity index (χ0) is 21.7. The van der Waals surface area contributed by atoms with Gasteiger partial charge in [-0.25, -0.2) is 8.78 Å². The molecule has 0 radical (unpaired) electrons. The monoisotopic (exact) mass is 436 g/mol. The Balaban J connectivity index is 1.77. The van der Waals surface area contributed by atoms with Crippen LogP contribution in [0.3, 0.4) is 0 Å². The van der Waals surface area contributed by atoms with E-state index in [1.165, 1.54) is 12.1 Å². The normalized spacial score (nSPS) is 12.9. The molecule has 2 rings (SSSR count). The topological polar surface area (TPSA) is 43.4 Å². The van der Waals surface area contributed by atoms with Crippen molar-refractivity contribution < 1.29 is 34.6 Å². The zero-order valence-electron chi connectivity index (χ0n) is 15.7. The van der Waals surface area contributed by atoms with Crippen LogP contribution in [0.15, 0.2) is 53.4 Å². The van der Waals surface area contributed by atoms with Crippen LogP contribution in [0.1, 0.15) is 42.4 Å². The number of hydrogen-bond acceptors (Lipinski definition) is 3. The van der Waals surface area contributed by atoms with Crippen molar-refractivity contribution in [1.82, 2.24) is 0 Å². The van der Waals surface area contributed by atoms with E-state index in [1.54, 1.807) is 12.1 Å².